The highest BCUT2D eigenvalue weighted by Gasteiger charge is 2.02. The average molecular weight is 267 g/mol. The molecule has 0 unspecified atom stereocenters. The Morgan fingerprint density at radius 2 is 1.65 bits per heavy atom. The minimum atomic E-state index is -0.419. The molecule has 3 heteroatoms. The van der Waals surface area contributed by atoms with Gasteiger partial charge in [-0.1, -0.05) is 54.6 Å². The van der Waals surface area contributed by atoms with Crippen LogP contribution < -0.4 is 5.73 Å². The average Bonchev–Trinajstić information content (AvgIpc) is 2.48. The zero-order valence-corrected chi connectivity index (χ0v) is 11.4. The fourth-order valence-corrected chi connectivity index (χ4v) is 1.88. The highest BCUT2D eigenvalue weighted by Crippen LogP contribution is 2.20. The quantitative estimate of drug-likeness (QED) is 0.683. The van der Waals surface area contributed by atoms with Crippen molar-refractivity contribution in [1.29, 1.82) is 0 Å². The molecule has 0 fully saturated rings. The van der Waals surface area contributed by atoms with Crippen molar-refractivity contribution in [3.63, 3.8) is 0 Å². The van der Waals surface area contributed by atoms with E-state index < -0.39 is 5.97 Å². The molecule has 0 saturated heterocycles. The third-order valence-electron chi connectivity index (χ3n) is 2.89. The number of benzene rings is 2. The second kappa shape index (κ2) is 6.57. The summed E-state index contributed by atoms with van der Waals surface area (Å²) in [5.74, 6) is -0.419. The maximum Gasteiger partial charge on any atom is 0.332 e. The molecule has 0 aromatic heterocycles. The summed E-state index contributed by atoms with van der Waals surface area (Å²) in [6.45, 7) is 2.10. The second-order valence-electron chi connectivity index (χ2n) is 4.30. The van der Waals surface area contributed by atoms with Crippen molar-refractivity contribution in [1.82, 2.24) is 0 Å². The zero-order chi connectivity index (χ0) is 14.4. The molecule has 2 aromatic carbocycles. The molecular weight excluding hydrogens is 250 g/mol. The van der Waals surface area contributed by atoms with Crippen molar-refractivity contribution in [3.8, 4) is 11.1 Å². The Morgan fingerprint density at radius 1 is 1.05 bits per heavy atom. The molecule has 0 atom stereocenters. The lowest BCUT2D eigenvalue weighted by Crippen LogP contribution is -2.05. The first kappa shape index (κ1) is 13.9. The number of carbonyl (C=O) groups excluding carboxylic acids is 1. The van der Waals surface area contributed by atoms with Crippen molar-refractivity contribution in [3.05, 3.63) is 66.2 Å². The van der Waals surface area contributed by atoms with Crippen LogP contribution in [0.3, 0.4) is 0 Å². The van der Waals surface area contributed by atoms with Crippen LogP contribution in [0.5, 0.6) is 0 Å². The largest absolute Gasteiger partial charge is 0.463 e. The van der Waals surface area contributed by atoms with E-state index in [2.05, 4.69) is 0 Å². The van der Waals surface area contributed by atoms with Gasteiger partial charge >= 0.3 is 5.97 Å². The SMILES string of the molecule is CCOC(=O)/C=C(\N)c1ccc(-c2ccccc2)cc1. The van der Waals surface area contributed by atoms with Gasteiger partial charge in [0.15, 0.2) is 0 Å². The molecule has 0 aliphatic carbocycles. The molecule has 0 aliphatic heterocycles. The lowest BCUT2D eigenvalue weighted by molar-refractivity contribution is -0.137. The van der Waals surface area contributed by atoms with Crippen molar-refractivity contribution in [2.45, 2.75) is 6.92 Å². The molecule has 20 heavy (non-hydrogen) atoms. The molecule has 0 spiro atoms. The summed E-state index contributed by atoms with van der Waals surface area (Å²) in [5, 5.41) is 0. The third-order valence-corrected chi connectivity index (χ3v) is 2.89. The molecule has 0 aliphatic rings. The second-order valence-corrected chi connectivity index (χ2v) is 4.30. The Balaban J connectivity index is 2.18. The van der Waals surface area contributed by atoms with Gasteiger partial charge in [-0.25, -0.2) is 4.79 Å². The topological polar surface area (TPSA) is 52.3 Å². The van der Waals surface area contributed by atoms with Gasteiger partial charge in [0, 0.05) is 11.8 Å². The third kappa shape index (κ3) is 3.48. The molecule has 3 nitrogen and oxygen atoms in total. The van der Waals surface area contributed by atoms with Gasteiger partial charge in [-0.15, -0.1) is 0 Å². The number of carbonyl (C=O) groups is 1. The van der Waals surface area contributed by atoms with E-state index in [0.29, 0.717) is 12.3 Å². The fraction of sp³-hybridized carbons (Fsp3) is 0.118. The highest BCUT2D eigenvalue weighted by atomic mass is 16.5. The van der Waals surface area contributed by atoms with E-state index in [4.69, 9.17) is 10.5 Å². The van der Waals surface area contributed by atoms with Gasteiger partial charge in [-0.3, -0.25) is 0 Å². The summed E-state index contributed by atoms with van der Waals surface area (Å²) < 4.78 is 4.83. The number of esters is 1. The standard InChI is InChI=1S/C17H17NO2/c1-2-20-17(19)12-16(18)15-10-8-14(9-11-15)13-6-4-3-5-7-13/h3-12H,2,18H2,1H3/b16-12-. The predicted molar refractivity (Wildman–Crippen MR) is 80.7 cm³/mol. The van der Waals surface area contributed by atoms with Crippen LogP contribution in [0.15, 0.2) is 60.7 Å². The molecule has 0 radical (unpaired) electrons. The van der Waals surface area contributed by atoms with E-state index in [0.717, 1.165) is 16.7 Å². The molecule has 2 N–H and O–H groups in total. The molecular formula is C17H17NO2. The first-order chi connectivity index (χ1) is 9.70. The van der Waals surface area contributed by atoms with Crippen molar-refractivity contribution in [2.24, 2.45) is 5.73 Å². The summed E-state index contributed by atoms with van der Waals surface area (Å²) in [6, 6.07) is 17.8. The number of ether oxygens (including phenoxy) is 1. The lowest BCUT2D eigenvalue weighted by Gasteiger charge is -2.05. The Labute approximate surface area is 118 Å². The Bertz CT molecular complexity index is 601. The smallest absolute Gasteiger partial charge is 0.332 e. The van der Waals surface area contributed by atoms with Crippen LogP contribution in [0.2, 0.25) is 0 Å². The molecule has 0 heterocycles. The zero-order valence-electron chi connectivity index (χ0n) is 11.4. The number of nitrogens with two attached hydrogens (primary N) is 1. The van der Waals surface area contributed by atoms with Crippen molar-refractivity contribution in [2.75, 3.05) is 6.61 Å². The maximum atomic E-state index is 11.3. The minimum absolute atomic E-state index is 0.343. The van der Waals surface area contributed by atoms with Gasteiger partial charge in [-0.2, -0.15) is 0 Å². The Kier molecular flexibility index (Phi) is 4.56. The van der Waals surface area contributed by atoms with Crippen LogP contribution in [-0.4, -0.2) is 12.6 Å². The number of hydrogen-bond acceptors (Lipinski definition) is 3. The first-order valence-corrected chi connectivity index (χ1v) is 6.50. The van der Waals surface area contributed by atoms with E-state index in [1.807, 2.05) is 54.6 Å². The van der Waals surface area contributed by atoms with E-state index in [-0.39, 0.29) is 0 Å². The van der Waals surface area contributed by atoms with Crippen LogP contribution in [0.1, 0.15) is 12.5 Å². The first-order valence-electron chi connectivity index (χ1n) is 6.50. The molecule has 0 bridgehead atoms. The van der Waals surface area contributed by atoms with Crippen LogP contribution in [0.4, 0.5) is 0 Å². The van der Waals surface area contributed by atoms with E-state index in [1.54, 1.807) is 6.92 Å². The lowest BCUT2D eigenvalue weighted by atomic mass is 10.0. The number of rotatable bonds is 4. The predicted octanol–water partition coefficient (Wildman–Crippen LogP) is 3.22. The van der Waals surface area contributed by atoms with E-state index in [9.17, 15) is 4.79 Å². The van der Waals surface area contributed by atoms with E-state index in [1.165, 1.54) is 6.08 Å². The van der Waals surface area contributed by atoms with Gasteiger partial charge in [0.05, 0.1) is 6.61 Å². The van der Waals surface area contributed by atoms with Crippen molar-refractivity contribution < 1.29 is 9.53 Å². The normalized spacial score (nSPS) is 11.2. The van der Waals surface area contributed by atoms with Crippen molar-refractivity contribution >= 4 is 11.7 Å². The maximum absolute atomic E-state index is 11.3. The molecule has 2 aromatic rings. The Hall–Kier alpha value is -2.55. The molecule has 102 valence electrons. The van der Waals surface area contributed by atoms with Crippen LogP contribution in [-0.2, 0) is 9.53 Å². The molecule has 0 saturated carbocycles. The van der Waals surface area contributed by atoms with E-state index >= 15 is 0 Å². The van der Waals surface area contributed by atoms with Crippen LogP contribution >= 0.6 is 0 Å². The van der Waals surface area contributed by atoms with Gasteiger partial charge < -0.3 is 10.5 Å². The van der Waals surface area contributed by atoms with Crippen LogP contribution in [0, 0.1) is 0 Å². The summed E-state index contributed by atoms with van der Waals surface area (Å²) in [5.41, 5.74) is 9.34. The monoisotopic (exact) mass is 267 g/mol. The summed E-state index contributed by atoms with van der Waals surface area (Å²) in [7, 11) is 0. The van der Waals surface area contributed by atoms with Gasteiger partial charge in [-0.05, 0) is 23.6 Å². The molecule has 0 amide bonds. The highest BCUT2D eigenvalue weighted by molar-refractivity contribution is 5.90. The Morgan fingerprint density at radius 3 is 2.25 bits per heavy atom. The van der Waals surface area contributed by atoms with Crippen LogP contribution in [0.25, 0.3) is 16.8 Å². The minimum Gasteiger partial charge on any atom is -0.463 e. The fourth-order valence-electron chi connectivity index (χ4n) is 1.88. The summed E-state index contributed by atoms with van der Waals surface area (Å²) in [4.78, 5) is 11.3. The van der Waals surface area contributed by atoms with Gasteiger partial charge in [0.25, 0.3) is 0 Å². The number of hydrogen-bond donors (Lipinski definition) is 1. The summed E-state index contributed by atoms with van der Waals surface area (Å²) in [6.07, 6.45) is 1.31. The summed E-state index contributed by atoms with van der Waals surface area (Å²) >= 11 is 0. The molecule has 2 rings (SSSR count). The van der Waals surface area contributed by atoms with Gasteiger partial charge in [0.1, 0.15) is 0 Å². The van der Waals surface area contributed by atoms with Gasteiger partial charge in [0.2, 0.25) is 0 Å².